The molecule has 0 spiro atoms. The normalized spacial score (nSPS) is 10.9. The van der Waals surface area contributed by atoms with Gasteiger partial charge >= 0.3 is 5.69 Å². The first-order valence-corrected chi connectivity index (χ1v) is 7.61. The number of amides is 1. The van der Waals surface area contributed by atoms with Gasteiger partial charge in [-0.25, -0.2) is 4.79 Å². The zero-order valence-corrected chi connectivity index (χ0v) is 12.4. The predicted molar refractivity (Wildman–Crippen MR) is 84.1 cm³/mol. The number of rotatable bonds is 5. The van der Waals surface area contributed by atoms with E-state index in [0.717, 1.165) is 4.57 Å². The van der Waals surface area contributed by atoms with Gasteiger partial charge in [-0.3, -0.25) is 14.2 Å². The third-order valence-corrected chi connectivity index (χ3v) is 4.14. The van der Waals surface area contributed by atoms with Gasteiger partial charge in [0.2, 0.25) is 5.91 Å². The Bertz CT molecular complexity index is 904. The summed E-state index contributed by atoms with van der Waals surface area (Å²) in [6, 6.07) is 5.37. The molecule has 3 heterocycles. The molecular formula is C14H14N4O3S. The van der Waals surface area contributed by atoms with Crippen molar-refractivity contribution in [2.75, 3.05) is 6.54 Å². The van der Waals surface area contributed by atoms with Crippen molar-refractivity contribution >= 4 is 27.5 Å². The molecule has 7 nitrogen and oxygen atoms in total. The topological polar surface area (TPSA) is 88.9 Å². The third-order valence-electron chi connectivity index (χ3n) is 3.24. The molecule has 22 heavy (non-hydrogen) atoms. The smallest absolute Gasteiger partial charge is 0.328 e. The molecule has 114 valence electrons. The van der Waals surface area contributed by atoms with E-state index in [-0.39, 0.29) is 31.1 Å². The largest absolute Gasteiger partial charge is 0.353 e. The lowest BCUT2D eigenvalue weighted by molar-refractivity contribution is -0.121. The van der Waals surface area contributed by atoms with Gasteiger partial charge in [-0.15, -0.1) is 11.3 Å². The molecule has 1 amide bonds. The molecule has 0 saturated carbocycles. The number of carbonyl (C=O) groups excluding carboxylic acids is 1. The van der Waals surface area contributed by atoms with Gasteiger partial charge in [-0.1, -0.05) is 0 Å². The molecule has 2 N–H and O–H groups in total. The van der Waals surface area contributed by atoms with E-state index < -0.39 is 5.69 Å². The molecule has 8 heteroatoms. The molecular weight excluding hydrogens is 304 g/mol. The molecule has 0 unspecified atom stereocenters. The maximum absolute atomic E-state index is 12.2. The Labute approximate surface area is 128 Å². The summed E-state index contributed by atoms with van der Waals surface area (Å²) in [5.41, 5.74) is -0.239. The average molecular weight is 318 g/mol. The van der Waals surface area contributed by atoms with Gasteiger partial charge in [-0.2, -0.15) is 0 Å². The first-order chi connectivity index (χ1) is 10.6. The number of nitrogens with zero attached hydrogens (tertiary/aromatic N) is 2. The highest BCUT2D eigenvalue weighted by Gasteiger charge is 2.09. The van der Waals surface area contributed by atoms with E-state index in [1.807, 2.05) is 12.1 Å². The van der Waals surface area contributed by atoms with Crippen LogP contribution in [0.2, 0.25) is 0 Å². The highest BCUT2D eigenvalue weighted by Crippen LogP contribution is 2.11. The fourth-order valence-electron chi connectivity index (χ4n) is 2.18. The van der Waals surface area contributed by atoms with Crippen LogP contribution in [0, 0.1) is 0 Å². The summed E-state index contributed by atoms with van der Waals surface area (Å²) in [7, 11) is 0. The van der Waals surface area contributed by atoms with E-state index in [0.29, 0.717) is 10.2 Å². The number of aromatic nitrogens is 3. The zero-order chi connectivity index (χ0) is 15.5. The van der Waals surface area contributed by atoms with Crippen LogP contribution in [0.3, 0.4) is 0 Å². The summed E-state index contributed by atoms with van der Waals surface area (Å²) in [4.78, 5) is 38.5. The summed E-state index contributed by atoms with van der Waals surface area (Å²) >= 11 is 1.29. The second-order valence-electron chi connectivity index (χ2n) is 4.76. The average Bonchev–Trinajstić information content (AvgIpc) is 3.13. The van der Waals surface area contributed by atoms with Crippen molar-refractivity contribution in [2.45, 2.75) is 13.1 Å². The van der Waals surface area contributed by atoms with Crippen LogP contribution < -0.4 is 16.6 Å². The van der Waals surface area contributed by atoms with Gasteiger partial charge in [-0.05, 0) is 23.6 Å². The molecule has 0 aliphatic carbocycles. The minimum Gasteiger partial charge on any atom is -0.353 e. The molecule has 3 rings (SSSR count). The third kappa shape index (κ3) is 2.86. The van der Waals surface area contributed by atoms with Crippen molar-refractivity contribution in [2.24, 2.45) is 0 Å². The van der Waals surface area contributed by atoms with E-state index in [2.05, 4.69) is 10.3 Å². The molecule has 0 aliphatic rings. The minimum absolute atomic E-state index is 0.138. The lowest BCUT2D eigenvalue weighted by Crippen LogP contribution is -2.39. The SMILES string of the molecule is O=C(Cn1cccc1)NCCn1c(=O)[nH]c2ccsc2c1=O. The number of hydrogen-bond donors (Lipinski definition) is 2. The van der Waals surface area contributed by atoms with Crippen LogP contribution in [0.25, 0.3) is 10.2 Å². The van der Waals surface area contributed by atoms with E-state index >= 15 is 0 Å². The number of fused-ring (bicyclic) bond motifs is 1. The van der Waals surface area contributed by atoms with Crippen LogP contribution in [0.1, 0.15) is 0 Å². The Morgan fingerprint density at radius 1 is 1.27 bits per heavy atom. The van der Waals surface area contributed by atoms with Crippen LogP contribution >= 0.6 is 11.3 Å². The molecule has 0 bridgehead atoms. The van der Waals surface area contributed by atoms with Gasteiger partial charge in [0.25, 0.3) is 5.56 Å². The van der Waals surface area contributed by atoms with Crippen molar-refractivity contribution in [3.63, 3.8) is 0 Å². The summed E-state index contributed by atoms with van der Waals surface area (Å²) in [5, 5.41) is 4.45. The first-order valence-electron chi connectivity index (χ1n) is 6.73. The van der Waals surface area contributed by atoms with Crippen molar-refractivity contribution in [1.82, 2.24) is 19.4 Å². The maximum atomic E-state index is 12.2. The number of aromatic amines is 1. The molecule has 0 aromatic carbocycles. The highest BCUT2D eigenvalue weighted by molar-refractivity contribution is 7.17. The second kappa shape index (κ2) is 6.02. The molecule has 0 fully saturated rings. The number of nitrogens with one attached hydrogen (secondary N) is 2. The van der Waals surface area contributed by atoms with Crippen LogP contribution in [0.5, 0.6) is 0 Å². The summed E-state index contributed by atoms with van der Waals surface area (Å²) in [6.45, 7) is 0.571. The summed E-state index contributed by atoms with van der Waals surface area (Å²) in [5.74, 6) is -0.169. The maximum Gasteiger partial charge on any atom is 0.328 e. The van der Waals surface area contributed by atoms with Crippen molar-refractivity contribution in [1.29, 1.82) is 0 Å². The number of thiophene rings is 1. The Kier molecular flexibility index (Phi) is 3.92. The quantitative estimate of drug-likeness (QED) is 0.712. The Hall–Kier alpha value is -2.61. The minimum atomic E-state index is -0.462. The first kappa shape index (κ1) is 14.3. The van der Waals surface area contributed by atoms with Crippen LogP contribution in [-0.2, 0) is 17.9 Å². The van der Waals surface area contributed by atoms with Gasteiger partial charge in [0, 0.05) is 25.5 Å². The van der Waals surface area contributed by atoms with Crippen molar-refractivity contribution in [3.05, 3.63) is 56.8 Å². The number of hydrogen-bond acceptors (Lipinski definition) is 4. The van der Waals surface area contributed by atoms with Gasteiger partial charge in [0.05, 0.1) is 5.52 Å². The second-order valence-corrected chi connectivity index (χ2v) is 5.67. The monoisotopic (exact) mass is 318 g/mol. The van der Waals surface area contributed by atoms with E-state index in [9.17, 15) is 14.4 Å². The van der Waals surface area contributed by atoms with E-state index in [1.165, 1.54) is 11.3 Å². The Balaban J connectivity index is 1.65. The van der Waals surface area contributed by atoms with E-state index in [4.69, 9.17) is 0 Å². The molecule has 3 aromatic heterocycles. The molecule has 0 saturated heterocycles. The fraction of sp³-hybridized carbons (Fsp3) is 0.214. The number of H-pyrrole nitrogens is 1. The summed E-state index contributed by atoms with van der Waals surface area (Å²) in [6.07, 6.45) is 3.58. The van der Waals surface area contributed by atoms with Gasteiger partial charge in [0.15, 0.2) is 0 Å². The van der Waals surface area contributed by atoms with Crippen molar-refractivity contribution in [3.8, 4) is 0 Å². The van der Waals surface area contributed by atoms with Crippen LogP contribution in [0.4, 0.5) is 0 Å². The standard InChI is InChI=1S/C14H14N4O3S/c19-11(9-17-5-1-2-6-17)15-4-7-18-13(20)12-10(3-8-22-12)16-14(18)21/h1-3,5-6,8H,4,7,9H2,(H,15,19)(H,16,21). The van der Waals surface area contributed by atoms with Crippen molar-refractivity contribution < 1.29 is 4.79 Å². The zero-order valence-electron chi connectivity index (χ0n) is 11.6. The van der Waals surface area contributed by atoms with Gasteiger partial charge < -0.3 is 14.9 Å². The van der Waals surface area contributed by atoms with Crippen LogP contribution in [0.15, 0.2) is 45.6 Å². The molecule has 0 atom stereocenters. The highest BCUT2D eigenvalue weighted by atomic mass is 32.1. The lowest BCUT2D eigenvalue weighted by Gasteiger charge is -2.07. The predicted octanol–water partition coefficient (Wildman–Crippen LogP) is 0.369. The van der Waals surface area contributed by atoms with Gasteiger partial charge in [0.1, 0.15) is 11.2 Å². The fourth-order valence-corrected chi connectivity index (χ4v) is 2.98. The molecule has 0 radical (unpaired) electrons. The van der Waals surface area contributed by atoms with E-state index in [1.54, 1.807) is 28.4 Å². The molecule has 0 aliphatic heterocycles. The molecule has 3 aromatic rings. The number of carbonyl (C=O) groups is 1. The Morgan fingerprint density at radius 3 is 2.82 bits per heavy atom. The Morgan fingerprint density at radius 2 is 2.05 bits per heavy atom. The summed E-state index contributed by atoms with van der Waals surface area (Å²) < 4.78 is 3.36. The lowest BCUT2D eigenvalue weighted by atomic mass is 10.4. The van der Waals surface area contributed by atoms with Crippen LogP contribution in [-0.4, -0.2) is 26.6 Å².